The zero-order chi connectivity index (χ0) is 17.2. The number of hydrogen-bond donors (Lipinski definition) is 1. The normalized spacial score (nSPS) is 23.7. The Balaban J connectivity index is 2.07. The molecule has 1 aliphatic rings. The van der Waals surface area contributed by atoms with Gasteiger partial charge in [0.05, 0.1) is 23.0 Å². The Kier molecular flexibility index (Phi) is 5.45. The predicted octanol–water partition coefficient (Wildman–Crippen LogP) is 4.16. The fourth-order valence-corrected chi connectivity index (χ4v) is 3.37. The van der Waals surface area contributed by atoms with Crippen molar-refractivity contribution in [2.45, 2.75) is 38.6 Å². The average Bonchev–Trinajstić information content (AvgIpc) is 2.90. The first-order valence-electron chi connectivity index (χ1n) is 7.42. The molecule has 5 nitrogen and oxygen atoms in total. The van der Waals surface area contributed by atoms with Crippen LogP contribution in [0.5, 0.6) is 0 Å². The van der Waals surface area contributed by atoms with Crippen LogP contribution in [0.2, 0.25) is 10.0 Å². The predicted molar refractivity (Wildman–Crippen MR) is 86.9 cm³/mol. The van der Waals surface area contributed by atoms with Crippen molar-refractivity contribution in [1.29, 1.82) is 0 Å². The molecule has 0 radical (unpaired) electrons. The molecule has 0 saturated carbocycles. The van der Waals surface area contributed by atoms with E-state index >= 15 is 0 Å². The number of amides is 2. The van der Waals surface area contributed by atoms with Gasteiger partial charge in [0, 0.05) is 24.8 Å². The summed E-state index contributed by atoms with van der Waals surface area (Å²) in [6, 6.07) is 4.25. The summed E-state index contributed by atoms with van der Waals surface area (Å²) in [6.07, 6.45) is 0.104. The molecule has 0 spiro atoms. The maximum Gasteiger partial charge on any atom is 0.521 e. The number of hydrogen-bond acceptors (Lipinski definition) is 3. The van der Waals surface area contributed by atoms with E-state index in [0.717, 1.165) is 0 Å². The van der Waals surface area contributed by atoms with Crippen LogP contribution in [0, 0.1) is 0 Å². The number of ketones is 1. The molecule has 0 bridgehead atoms. The Morgan fingerprint density at radius 3 is 2.43 bits per heavy atom. The van der Waals surface area contributed by atoms with E-state index in [1.54, 1.807) is 13.0 Å². The van der Waals surface area contributed by atoms with Gasteiger partial charge in [-0.25, -0.2) is 4.79 Å². The molecular weight excluding hydrogens is 341 g/mol. The van der Waals surface area contributed by atoms with E-state index in [4.69, 9.17) is 23.2 Å². The van der Waals surface area contributed by atoms with Gasteiger partial charge < -0.3 is 5.11 Å². The third kappa shape index (κ3) is 3.42. The van der Waals surface area contributed by atoms with Gasteiger partial charge in [0.2, 0.25) is 0 Å². The Bertz CT molecular complexity index is 661. The highest BCUT2D eigenvalue weighted by atomic mass is 35.5. The number of benzene rings is 1. The molecule has 1 heterocycles. The van der Waals surface area contributed by atoms with Crippen molar-refractivity contribution in [1.82, 2.24) is 0 Å². The van der Waals surface area contributed by atoms with Crippen molar-refractivity contribution in [2.24, 2.45) is 0 Å². The van der Waals surface area contributed by atoms with Gasteiger partial charge in [-0.1, -0.05) is 23.2 Å². The van der Waals surface area contributed by atoms with E-state index in [-0.39, 0.29) is 36.2 Å². The summed E-state index contributed by atoms with van der Waals surface area (Å²) < 4.78 is -0.575. The van der Waals surface area contributed by atoms with Gasteiger partial charge in [0.25, 0.3) is 0 Å². The van der Waals surface area contributed by atoms with Crippen LogP contribution in [0.1, 0.15) is 43.0 Å². The van der Waals surface area contributed by atoms with E-state index in [0.29, 0.717) is 23.4 Å². The molecule has 124 valence electrons. The largest absolute Gasteiger partial charge is 0.521 e. The summed E-state index contributed by atoms with van der Waals surface area (Å²) in [4.78, 5) is 36.2. The lowest BCUT2D eigenvalue weighted by Crippen LogP contribution is -2.58. The maximum atomic E-state index is 12.5. The highest BCUT2D eigenvalue weighted by Gasteiger charge is 2.52. The third-order valence-corrected chi connectivity index (χ3v) is 5.22. The summed E-state index contributed by atoms with van der Waals surface area (Å²) >= 11 is 11.7. The van der Waals surface area contributed by atoms with Crippen LogP contribution in [0.25, 0.3) is 0 Å². The Morgan fingerprint density at radius 1 is 1.22 bits per heavy atom. The number of carbonyl (C=O) groups is 3. The summed E-state index contributed by atoms with van der Waals surface area (Å²) in [7, 11) is 0. The second-order valence-corrected chi connectivity index (χ2v) is 6.63. The molecule has 2 atom stereocenters. The smallest absolute Gasteiger partial charge is 0.435 e. The zero-order valence-electron chi connectivity index (χ0n) is 12.7. The number of nitrogens with zero attached hydrogens (tertiary/aromatic N) is 1. The lowest BCUT2D eigenvalue weighted by molar-refractivity contribution is -0.792. The first-order chi connectivity index (χ1) is 10.8. The van der Waals surface area contributed by atoms with Crippen molar-refractivity contribution >= 4 is 41.0 Å². The van der Waals surface area contributed by atoms with Crippen LogP contribution in [0.3, 0.4) is 0 Å². The van der Waals surface area contributed by atoms with Crippen LogP contribution < -0.4 is 0 Å². The van der Waals surface area contributed by atoms with Gasteiger partial charge in [0.15, 0.2) is 5.78 Å². The molecular formula is C16H18Cl2NO4+. The van der Waals surface area contributed by atoms with Crippen LogP contribution >= 0.6 is 23.2 Å². The minimum Gasteiger partial charge on any atom is -0.435 e. The molecule has 1 unspecified atom stereocenters. The first-order valence-corrected chi connectivity index (χ1v) is 8.17. The molecule has 1 aliphatic heterocycles. The van der Waals surface area contributed by atoms with Crippen molar-refractivity contribution in [3.8, 4) is 0 Å². The van der Waals surface area contributed by atoms with E-state index in [2.05, 4.69) is 0 Å². The van der Waals surface area contributed by atoms with Crippen molar-refractivity contribution in [3.05, 3.63) is 33.8 Å². The van der Waals surface area contributed by atoms with E-state index in [1.807, 2.05) is 0 Å². The third-order valence-electron chi connectivity index (χ3n) is 4.48. The van der Waals surface area contributed by atoms with Gasteiger partial charge in [-0.3, -0.25) is 4.79 Å². The average molecular weight is 359 g/mol. The highest BCUT2D eigenvalue weighted by molar-refractivity contribution is 6.42. The molecule has 1 aromatic rings. The number of Topliss-reactive ketones (excluding diaryl/α,β-unsaturated/α-hetero) is 1. The molecule has 0 aromatic heterocycles. The van der Waals surface area contributed by atoms with Crippen molar-refractivity contribution in [2.75, 3.05) is 6.54 Å². The second kappa shape index (κ2) is 6.99. The fraction of sp³-hybridized carbons (Fsp3) is 0.438. The summed E-state index contributed by atoms with van der Waals surface area (Å²) in [5.74, 6) is -0.678. The molecule has 23 heavy (non-hydrogen) atoms. The topological polar surface area (TPSA) is 71.4 Å². The van der Waals surface area contributed by atoms with E-state index in [1.165, 1.54) is 12.1 Å². The molecule has 2 amide bonds. The number of carbonyl (C=O) groups excluding carboxylic acids is 2. The Labute approximate surface area is 144 Å². The molecule has 7 heteroatoms. The Hall–Kier alpha value is -1.43. The minimum absolute atomic E-state index is 0.0448. The quantitative estimate of drug-likeness (QED) is 0.647. The molecule has 1 aromatic carbocycles. The van der Waals surface area contributed by atoms with Gasteiger partial charge >= 0.3 is 12.0 Å². The van der Waals surface area contributed by atoms with Gasteiger partial charge in [-0.05, 0) is 25.1 Å². The lowest BCUT2D eigenvalue weighted by Gasteiger charge is -2.29. The molecule has 1 fully saturated rings. The monoisotopic (exact) mass is 358 g/mol. The van der Waals surface area contributed by atoms with Crippen molar-refractivity contribution < 1.29 is 24.0 Å². The lowest BCUT2D eigenvalue weighted by atomic mass is 10.1. The number of likely N-dealkylation sites (tertiary alicyclic amines) is 1. The SMILES string of the molecule is C[C@@H]1CCC[N+]1(C(=O)O)C(=O)CCC(=O)c1ccc(Cl)c(Cl)c1. The second-order valence-electron chi connectivity index (χ2n) is 5.81. The number of imide groups is 1. The van der Waals surface area contributed by atoms with Crippen LogP contribution in [0.4, 0.5) is 4.79 Å². The number of halogens is 2. The van der Waals surface area contributed by atoms with E-state index < -0.39 is 16.5 Å². The minimum atomic E-state index is -1.14. The van der Waals surface area contributed by atoms with Gasteiger partial charge in [-0.15, -0.1) is 0 Å². The molecule has 0 aliphatic carbocycles. The molecule has 1 saturated heterocycles. The summed E-state index contributed by atoms with van der Waals surface area (Å²) in [5.41, 5.74) is 0.364. The summed E-state index contributed by atoms with van der Waals surface area (Å²) in [6.45, 7) is 2.05. The van der Waals surface area contributed by atoms with Crippen LogP contribution in [-0.2, 0) is 4.79 Å². The highest BCUT2D eigenvalue weighted by Crippen LogP contribution is 2.29. The maximum absolute atomic E-state index is 12.5. The molecule has 1 N–H and O–H groups in total. The number of quaternary nitrogens is 1. The van der Waals surface area contributed by atoms with Crippen LogP contribution in [-0.4, -0.2) is 40.0 Å². The van der Waals surface area contributed by atoms with E-state index in [9.17, 15) is 19.5 Å². The van der Waals surface area contributed by atoms with Gasteiger partial charge in [0.1, 0.15) is 6.04 Å². The standard InChI is InChI=1S/C16H17Cl2NO4/c1-10-3-2-8-19(10,16(22)23)15(21)7-6-14(20)11-4-5-12(17)13(18)9-11/h4-5,9-10H,2-3,6-8H2,1H3/p+1/t10-,19?/m1/s1. The summed E-state index contributed by atoms with van der Waals surface area (Å²) in [5, 5.41) is 10.1. The fourth-order valence-electron chi connectivity index (χ4n) is 3.07. The Morgan fingerprint density at radius 2 is 1.91 bits per heavy atom. The molecule has 2 rings (SSSR count). The number of rotatable bonds is 4. The van der Waals surface area contributed by atoms with Gasteiger partial charge in [-0.2, -0.15) is 9.28 Å². The zero-order valence-corrected chi connectivity index (χ0v) is 14.2. The van der Waals surface area contributed by atoms with Crippen LogP contribution in [0.15, 0.2) is 18.2 Å². The first kappa shape index (κ1) is 17.9. The number of carboxylic acid groups (broad SMARTS) is 1. The van der Waals surface area contributed by atoms with Crippen molar-refractivity contribution in [3.63, 3.8) is 0 Å².